The molecule has 2 rings (SSSR count). The summed E-state index contributed by atoms with van der Waals surface area (Å²) in [6.07, 6.45) is 0. The minimum atomic E-state index is -0.137. The minimum Gasteiger partial charge on any atom is -0.325 e. The van der Waals surface area contributed by atoms with Gasteiger partial charge < -0.3 is 5.32 Å². The van der Waals surface area contributed by atoms with E-state index < -0.39 is 0 Å². The number of rotatable bonds is 3. The van der Waals surface area contributed by atoms with E-state index in [0.29, 0.717) is 11.6 Å². The van der Waals surface area contributed by atoms with Crippen LogP contribution >= 0.6 is 11.8 Å². The van der Waals surface area contributed by atoms with Crippen LogP contribution in [0.4, 0.5) is 5.69 Å². The van der Waals surface area contributed by atoms with Crippen molar-refractivity contribution in [2.24, 2.45) is 0 Å². The van der Waals surface area contributed by atoms with Crippen LogP contribution in [0.5, 0.6) is 0 Å². The van der Waals surface area contributed by atoms with E-state index in [1.54, 1.807) is 24.3 Å². The monoisotopic (exact) mass is 289 g/mol. The highest BCUT2D eigenvalue weighted by Gasteiger charge is 2.27. The highest BCUT2D eigenvalue weighted by Crippen LogP contribution is 2.19. The molecule has 1 heterocycles. The first-order chi connectivity index (χ1) is 9.61. The van der Waals surface area contributed by atoms with Gasteiger partial charge in [0.15, 0.2) is 0 Å². The molecule has 1 aromatic carbocycles. The average molecular weight is 289 g/mol. The lowest BCUT2D eigenvalue weighted by molar-refractivity contribution is -0.121. The van der Waals surface area contributed by atoms with Crippen LogP contribution in [0.3, 0.4) is 0 Å². The molecule has 0 bridgehead atoms. The van der Waals surface area contributed by atoms with E-state index in [0.717, 1.165) is 23.7 Å². The highest BCUT2D eigenvalue weighted by molar-refractivity contribution is 7.99. The molecule has 106 valence electrons. The van der Waals surface area contributed by atoms with E-state index >= 15 is 0 Å². The van der Waals surface area contributed by atoms with Crippen molar-refractivity contribution in [1.82, 2.24) is 4.90 Å². The fourth-order valence-corrected chi connectivity index (χ4v) is 3.38. The zero-order chi connectivity index (χ0) is 14.5. The summed E-state index contributed by atoms with van der Waals surface area (Å²) in [4.78, 5) is 14.5. The van der Waals surface area contributed by atoms with Crippen molar-refractivity contribution in [2.45, 2.75) is 25.9 Å². The predicted molar refractivity (Wildman–Crippen MR) is 82.7 cm³/mol. The van der Waals surface area contributed by atoms with Crippen LogP contribution in [0.25, 0.3) is 0 Å². The largest absolute Gasteiger partial charge is 0.325 e. The second-order valence-electron chi connectivity index (χ2n) is 5.02. The topological polar surface area (TPSA) is 56.1 Å². The fourth-order valence-electron chi connectivity index (χ4n) is 2.34. The molecule has 0 radical (unpaired) electrons. The Hall–Kier alpha value is -1.51. The first-order valence-electron chi connectivity index (χ1n) is 6.76. The number of nitriles is 1. The maximum absolute atomic E-state index is 12.3. The number of carbonyl (C=O) groups is 1. The molecule has 0 aromatic heterocycles. The molecule has 1 saturated heterocycles. The number of hydrogen-bond donors (Lipinski definition) is 1. The summed E-state index contributed by atoms with van der Waals surface area (Å²) in [5, 5.41) is 11.7. The third-order valence-corrected chi connectivity index (χ3v) is 4.77. The summed E-state index contributed by atoms with van der Waals surface area (Å²) < 4.78 is 0. The average Bonchev–Trinajstić information content (AvgIpc) is 2.48. The van der Waals surface area contributed by atoms with E-state index in [2.05, 4.69) is 23.2 Å². The molecule has 1 aromatic rings. The molecule has 0 spiro atoms. The van der Waals surface area contributed by atoms with Gasteiger partial charge >= 0.3 is 0 Å². The molecule has 20 heavy (non-hydrogen) atoms. The lowest BCUT2D eigenvalue weighted by Gasteiger charge is -2.36. The fraction of sp³-hybridized carbons (Fsp3) is 0.467. The van der Waals surface area contributed by atoms with Crippen molar-refractivity contribution in [2.75, 3.05) is 23.4 Å². The summed E-state index contributed by atoms with van der Waals surface area (Å²) >= 11 is 1.94. The van der Waals surface area contributed by atoms with Gasteiger partial charge in [-0.25, -0.2) is 0 Å². The van der Waals surface area contributed by atoms with Gasteiger partial charge in [0.2, 0.25) is 5.91 Å². The third-order valence-electron chi connectivity index (χ3n) is 3.58. The molecular formula is C15H19N3OS. The number of anilines is 1. The Morgan fingerprint density at radius 2 is 2.20 bits per heavy atom. The van der Waals surface area contributed by atoms with Gasteiger partial charge in [0.05, 0.1) is 17.7 Å². The SMILES string of the molecule is CC1CSCCN1C(C)C(=O)Nc1ccc(C#N)cc1. The van der Waals surface area contributed by atoms with Crippen LogP contribution in [-0.2, 0) is 4.79 Å². The lowest BCUT2D eigenvalue weighted by Crippen LogP contribution is -2.50. The zero-order valence-electron chi connectivity index (χ0n) is 11.8. The van der Waals surface area contributed by atoms with Crippen LogP contribution in [0, 0.1) is 11.3 Å². The summed E-state index contributed by atoms with van der Waals surface area (Å²) in [6.45, 7) is 5.07. The first kappa shape index (κ1) is 14.9. The highest BCUT2D eigenvalue weighted by atomic mass is 32.2. The van der Waals surface area contributed by atoms with Gasteiger partial charge in [-0.2, -0.15) is 17.0 Å². The molecular weight excluding hydrogens is 270 g/mol. The van der Waals surface area contributed by atoms with Gasteiger partial charge in [-0.15, -0.1) is 0 Å². The van der Waals surface area contributed by atoms with Gasteiger partial charge in [-0.1, -0.05) is 0 Å². The van der Waals surface area contributed by atoms with E-state index in [1.165, 1.54) is 0 Å². The molecule has 0 saturated carbocycles. The van der Waals surface area contributed by atoms with Crippen molar-refractivity contribution < 1.29 is 4.79 Å². The maximum atomic E-state index is 12.3. The number of thioether (sulfide) groups is 1. The number of benzene rings is 1. The molecule has 1 fully saturated rings. The van der Waals surface area contributed by atoms with Crippen LogP contribution in [-0.4, -0.2) is 40.9 Å². The Morgan fingerprint density at radius 3 is 2.80 bits per heavy atom. The van der Waals surface area contributed by atoms with Crippen molar-refractivity contribution in [1.29, 1.82) is 5.26 Å². The van der Waals surface area contributed by atoms with Gasteiger partial charge in [0.25, 0.3) is 0 Å². The Morgan fingerprint density at radius 1 is 1.50 bits per heavy atom. The Bertz CT molecular complexity index is 509. The summed E-state index contributed by atoms with van der Waals surface area (Å²) in [6, 6.07) is 9.30. The quantitative estimate of drug-likeness (QED) is 0.928. The minimum absolute atomic E-state index is 0.00783. The lowest BCUT2D eigenvalue weighted by atomic mass is 10.2. The molecule has 1 aliphatic heterocycles. The smallest absolute Gasteiger partial charge is 0.241 e. The first-order valence-corrected chi connectivity index (χ1v) is 7.92. The molecule has 2 unspecified atom stereocenters. The van der Waals surface area contributed by atoms with Gasteiger partial charge in [-0.05, 0) is 38.1 Å². The summed E-state index contributed by atoms with van der Waals surface area (Å²) in [5.74, 6) is 2.17. The number of carbonyl (C=O) groups excluding carboxylic acids is 1. The number of nitrogens with zero attached hydrogens (tertiary/aromatic N) is 2. The van der Waals surface area contributed by atoms with Gasteiger partial charge in [-0.3, -0.25) is 9.69 Å². The maximum Gasteiger partial charge on any atom is 0.241 e. The van der Waals surface area contributed by atoms with Crippen LogP contribution in [0.15, 0.2) is 24.3 Å². The summed E-state index contributed by atoms with van der Waals surface area (Å²) in [7, 11) is 0. The van der Waals surface area contributed by atoms with Crippen LogP contribution in [0.1, 0.15) is 19.4 Å². The molecule has 1 aliphatic rings. The molecule has 5 heteroatoms. The normalized spacial score (nSPS) is 20.9. The molecule has 1 N–H and O–H groups in total. The van der Waals surface area contributed by atoms with Crippen LogP contribution < -0.4 is 5.32 Å². The second kappa shape index (κ2) is 6.78. The zero-order valence-corrected chi connectivity index (χ0v) is 12.6. The number of hydrogen-bond acceptors (Lipinski definition) is 4. The van der Waals surface area contributed by atoms with E-state index in [9.17, 15) is 4.79 Å². The molecule has 4 nitrogen and oxygen atoms in total. The third kappa shape index (κ3) is 3.53. The van der Waals surface area contributed by atoms with Gasteiger partial charge in [0, 0.05) is 29.8 Å². The second-order valence-corrected chi connectivity index (χ2v) is 6.17. The Labute approximate surface area is 124 Å². The van der Waals surface area contributed by atoms with E-state index in [1.807, 2.05) is 18.7 Å². The van der Waals surface area contributed by atoms with Crippen molar-refractivity contribution in [3.63, 3.8) is 0 Å². The molecule has 0 aliphatic carbocycles. The Kier molecular flexibility index (Phi) is 5.05. The van der Waals surface area contributed by atoms with Crippen LogP contribution in [0.2, 0.25) is 0 Å². The number of nitrogens with one attached hydrogen (secondary N) is 1. The van der Waals surface area contributed by atoms with E-state index in [4.69, 9.17) is 5.26 Å². The standard InChI is InChI=1S/C15H19N3OS/c1-11-10-20-8-7-18(11)12(2)15(19)17-14-5-3-13(9-16)4-6-14/h3-6,11-12H,7-8,10H2,1-2H3,(H,17,19). The number of amides is 1. The molecule has 1 amide bonds. The summed E-state index contributed by atoms with van der Waals surface area (Å²) in [5.41, 5.74) is 1.33. The molecule has 2 atom stereocenters. The van der Waals surface area contributed by atoms with Crippen molar-refractivity contribution in [3.8, 4) is 6.07 Å². The van der Waals surface area contributed by atoms with Crippen molar-refractivity contribution in [3.05, 3.63) is 29.8 Å². The predicted octanol–water partition coefficient (Wildman–Crippen LogP) is 2.32. The van der Waals surface area contributed by atoms with E-state index in [-0.39, 0.29) is 11.9 Å². The van der Waals surface area contributed by atoms with Crippen molar-refractivity contribution >= 4 is 23.4 Å². The Balaban J connectivity index is 1.98. The van der Waals surface area contributed by atoms with Gasteiger partial charge in [0.1, 0.15) is 0 Å².